The SMILES string of the molecule is CNc1ccc(/C=C/c2ccccc2OCCOCCOCCF)cc1. The first-order chi connectivity index (χ1) is 12.8. The lowest BCUT2D eigenvalue weighted by molar-refractivity contribution is 0.0325. The predicted octanol–water partition coefficient (Wildman–Crippen LogP) is 4.28. The number of ether oxygens (including phenoxy) is 3. The number of hydrogen-bond donors (Lipinski definition) is 1. The minimum atomic E-state index is -0.465. The van der Waals surface area contributed by atoms with Gasteiger partial charge in [0.05, 0.1) is 26.4 Å². The Hall–Kier alpha value is -2.37. The summed E-state index contributed by atoms with van der Waals surface area (Å²) in [6, 6.07) is 16.1. The second kappa shape index (κ2) is 12.1. The van der Waals surface area contributed by atoms with Gasteiger partial charge < -0.3 is 19.5 Å². The molecule has 0 aromatic heterocycles. The summed E-state index contributed by atoms with van der Waals surface area (Å²) in [6.45, 7) is 1.40. The van der Waals surface area contributed by atoms with Gasteiger partial charge in [0.1, 0.15) is 19.0 Å². The van der Waals surface area contributed by atoms with Crippen molar-refractivity contribution in [3.05, 3.63) is 59.7 Å². The van der Waals surface area contributed by atoms with Gasteiger partial charge in [0.15, 0.2) is 0 Å². The fraction of sp³-hybridized carbons (Fsp3) is 0.333. The molecule has 1 N–H and O–H groups in total. The van der Waals surface area contributed by atoms with Crippen LogP contribution in [0.2, 0.25) is 0 Å². The van der Waals surface area contributed by atoms with Crippen LogP contribution in [0.1, 0.15) is 11.1 Å². The van der Waals surface area contributed by atoms with Crippen molar-refractivity contribution in [2.45, 2.75) is 0 Å². The van der Waals surface area contributed by atoms with Gasteiger partial charge in [-0.2, -0.15) is 0 Å². The zero-order chi connectivity index (χ0) is 18.5. The van der Waals surface area contributed by atoms with E-state index in [1.807, 2.05) is 49.5 Å². The molecule has 0 spiro atoms. The monoisotopic (exact) mass is 359 g/mol. The molecule has 0 heterocycles. The first kappa shape index (κ1) is 19.9. The molecule has 2 rings (SSSR count). The molecule has 0 amide bonds. The van der Waals surface area contributed by atoms with Crippen LogP contribution < -0.4 is 10.1 Å². The zero-order valence-electron chi connectivity index (χ0n) is 15.1. The lowest BCUT2D eigenvalue weighted by Crippen LogP contribution is -2.11. The number of para-hydroxylation sites is 1. The van der Waals surface area contributed by atoms with Crippen molar-refractivity contribution < 1.29 is 18.6 Å². The van der Waals surface area contributed by atoms with Crippen molar-refractivity contribution in [3.8, 4) is 5.75 Å². The van der Waals surface area contributed by atoms with Crippen LogP contribution >= 0.6 is 0 Å². The average Bonchev–Trinajstić information content (AvgIpc) is 2.69. The summed E-state index contributed by atoms with van der Waals surface area (Å²) in [7, 11) is 1.90. The summed E-state index contributed by atoms with van der Waals surface area (Å²) >= 11 is 0. The molecule has 140 valence electrons. The van der Waals surface area contributed by atoms with Gasteiger partial charge in [-0.15, -0.1) is 0 Å². The number of alkyl halides is 1. The van der Waals surface area contributed by atoms with E-state index >= 15 is 0 Å². The summed E-state index contributed by atoms with van der Waals surface area (Å²) in [5.41, 5.74) is 3.22. The van der Waals surface area contributed by atoms with Crippen LogP contribution in [-0.2, 0) is 9.47 Å². The van der Waals surface area contributed by atoms with Gasteiger partial charge in [0.2, 0.25) is 0 Å². The maximum Gasteiger partial charge on any atom is 0.126 e. The van der Waals surface area contributed by atoms with Crippen molar-refractivity contribution in [2.24, 2.45) is 0 Å². The number of halogens is 1. The highest BCUT2D eigenvalue weighted by Gasteiger charge is 2.00. The molecule has 0 radical (unpaired) electrons. The van der Waals surface area contributed by atoms with Crippen LogP contribution in [0.5, 0.6) is 5.75 Å². The summed E-state index contributed by atoms with van der Waals surface area (Å²) in [4.78, 5) is 0. The third-order valence-electron chi connectivity index (χ3n) is 3.65. The Morgan fingerprint density at radius 2 is 1.54 bits per heavy atom. The van der Waals surface area contributed by atoms with Gasteiger partial charge in [0, 0.05) is 18.3 Å². The van der Waals surface area contributed by atoms with E-state index in [-0.39, 0.29) is 6.61 Å². The molecule has 0 bridgehead atoms. The molecule has 0 unspecified atom stereocenters. The third kappa shape index (κ3) is 7.25. The molecule has 0 atom stereocenters. The van der Waals surface area contributed by atoms with Crippen molar-refractivity contribution in [3.63, 3.8) is 0 Å². The van der Waals surface area contributed by atoms with Crippen LogP contribution in [0, 0.1) is 0 Å². The van der Waals surface area contributed by atoms with Crippen LogP contribution in [0.15, 0.2) is 48.5 Å². The smallest absolute Gasteiger partial charge is 0.126 e. The van der Waals surface area contributed by atoms with Crippen molar-refractivity contribution in [2.75, 3.05) is 52.1 Å². The Labute approximate surface area is 154 Å². The number of nitrogens with one attached hydrogen (secondary N) is 1. The highest BCUT2D eigenvalue weighted by Crippen LogP contribution is 2.21. The van der Waals surface area contributed by atoms with Gasteiger partial charge in [-0.1, -0.05) is 42.5 Å². The molecule has 0 aliphatic rings. The molecule has 0 saturated heterocycles. The van der Waals surface area contributed by atoms with E-state index < -0.39 is 6.67 Å². The molecular formula is C21H26FNO3. The van der Waals surface area contributed by atoms with Gasteiger partial charge in [0.25, 0.3) is 0 Å². The number of rotatable bonds is 12. The van der Waals surface area contributed by atoms with Crippen molar-refractivity contribution in [1.29, 1.82) is 0 Å². The standard InChI is InChI=1S/C21H26FNO3/c1-23-20-10-7-18(8-11-20)6-9-19-4-2-3-5-21(19)26-17-16-25-15-14-24-13-12-22/h2-11,23H,12-17H2,1H3/b9-6+. The van der Waals surface area contributed by atoms with E-state index in [4.69, 9.17) is 14.2 Å². The van der Waals surface area contributed by atoms with Crippen molar-refractivity contribution in [1.82, 2.24) is 0 Å². The Balaban J connectivity index is 1.80. The molecule has 0 aliphatic carbocycles. The van der Waals surface area contributed by atoms with Crippen molar-refractivity contribution >= 4 is 17.8 Å². The third-order valence-corrected chi connectivity index (χ3v) is 3.65. The van der Waals surface area contributed by atoms with E-state index in [9.17, 15) is 4.39 Å². The van der Waals surface area contributed by atoms with E-state index in [1.54, 1.807) is 0 Å². The summed E-state index contributed by atoms with van der Waals surface area (Å²) in [6.07, 6.45) is 4.09. The Bertz CT molecular complexity index is 659. The molecule has 2 aromatic rings. The molecule has 0 fully saturated rings. The lowest BCUT2D eigenvalue weighted by Gasteiger charge is -2.10. The molecule has 2 aromatic carbocycles. The number of anilines is 1. The Morgan fingerprint density at radius 3 is 2.27 bits per heavy atom. The molecule has 0 saturated carbocycles. The average molecular weight is 359 g/mol. The van der Waals surface area contributed by atoms with Gasteiger partial charge >= 0.3 is 0 Å². The fourth-order valence-corrected chi connectivity index (χ4v) is 2.28. The topological polar surface area (TPSA) is 39.7 Å². The normalized spacial score (nSPS) is 11.0. The summed E-state index contributed by atoms with van der Waals surface area (Å²) < 4.78 is 28.1. The molecule has 5 heteroatoms. The number of benzene rings is 2. The van der Waals surface area contributed by atoms with Crippen LogP contribution in [0.3, 0.4) is 0 Å². The molecule has 0 aliphatic heterocycles. The minimum Gasteiger partial charge on any atom is -0.491 e. The van der Waals surface area contributed by atoms with Crippen LogP contribution in [-0.4, -0.2) is 46.8 Å². The molecule has 26 heavy (non-hydrogen) atoms. The highest BCUT2D eigenvalue weighted by atomic mass is 19.1. The van der Waals surface area contributed by atoms with Gasteiger partial charge in [-0.05, 0) is 23.8 Å². The second-order valence-electron chi connectivity index (χ2n) is 5.51. The second-order valence-corrected chi connectivity index (χ2v) is 5.51. The lowest BCUT2D eigenvalue weighted by atomic mass is 10.1. The zero-order valence-corrected chi connectivity index (χ0v) is 15.1. The first-order valence-corrected chi connectivity index (χ1v) is 8.72. The van der Waals surface area contributed by atoms with Gasteiger partial charge in [-0.3, -0.25) is 0 Å². The minimum absolute atomic E-state index is 0.122. The summed E-state index contributed by atoms with van der Waals surface area (Å²) in [5.74, 6) is 0.813. The Morgan fingerprint density at radius 1 is 0.846 bits per heavy atom. The summed E-state index contributed by atoms with van der Waals surface area (Å²) in [5, 5.41) is 3.10. The fourth-order valence-electron chi connectivity index (χ4n) is 2.28. The van der Waals surface area contributed by atoms with Crippen LogP contribution in [0.4, 0.5) is 10.1 Å². The van der Waals surface area contributed by atoms with E-state index in [1.165, 1.54) is 0 Å². The number of hydrogen-bond acceptors (Lipinski definition) is 4. The van der Waals surface area contributed by atoms with Crippen LogP contribution in [0.25, 0.3) is 12.2 Å². The van der Waals surface area contributed by atoms with E-state index in [0.29, 0.717) is 26.4 Å². The predicted molar refractivity (Wildman–Crippen MR) is 104 cm³/mol. The first-order valence-electron chi connectivity index (χ1n) is 8.72. The largest absolute Gasteiger partial charge is 0.491 e. The molecular weight excluding hydrogens is 333 g/mol. The maximum absolute atomic E-state index is 11.9. The highest BCUT2D eigenvalue weighted by molar-refractivity contribution is 5.73. The van der Waals surface area contributed by atoms with E-state index in [2.05, 4.69) is 23.5 Å². The quantitative estimate of drug-likeness (QED) is 0.454. The van der Waals surface area contributed by atoms with E-state index in [0.717, 1.165) is 22.6 Å². The molecule has 4 nitrogen and oxygen atoms in total. The maximum atomic E-state index is 11.9. The van der Waals surface area contributed by atoms with Gasteiger partial charge in [-0.25, -0.2) is 4.39 Å². The Kier molecular flexibility index (Phi) is 9.25.